The highest BCUT2D eigenvalue weighted by molar-refractivity contribution is 7.71. The zero-order chi connectivity index (χ0) is 25.4. The van der Waals surface area contributed by atoms with E-state index in [1.54, 1.807) is 0 Å². The van der Waals surface area contributed by atoms with Gasteiger partial charge < -0.3 is 40.3 Å². The average molecular weight is 558 g/mol. The molecule has 2 rings (SSSR count). The number of hydrogen-bond donors (Lipinski definition) is 7. The summed E-state index contributed by atoms with van der Waals surface area (Å²) in [5.74, 6) is -1.73. The number of phosphoric acid groups is 3. The van der Waals surface area contributed by atoms with Gasteiger partial charge in [-0.2, -0.15) is 13.6 Å². The Morgan fingerprint density at radius 2 is 1.91 bits per heavy atom. The summed E-state index contributed by atoms with van der Waals surface area (Å²) in [7, 11) is -17.3. The van der Waals surface area contributed by atoms with Crippen LogP contribution in [0.2, 0.25) is 0 Å². The van der Waals surface area contributed by atoms with Crippen LogP contribution in [0.15, 0.2) is 11.3 Å². The van der Waals surface area contributed by atoms with Crippen molar-refractivity contribution < 1.29 is 65.8 Å². The molecule has 6 atom stereocenters. The molecule has 0 aliphatic carbocycles. The molecule has 1 fully saturated rings. The van der Waals surface area contributed by atoms with Gasteiger partial charge in [0.1, 0.15) is 12.2 Å². The zero-order valence-electron chi connectivity index (χ0n) is 15.5. The summed E-state index contributed by atoms with van der Waals surface area (Å²) in [6.07, 6.45) is -5.48. The maximum absolute atomic E-state index is 13.8. The lowest BCUT2D eigenvalue weighted by Gasteiger charge is -2.27. The first-order valence-electron chi connectivity index (χ1n) is 7.85. The molecular weight excluding hydrogens is 544 g/mol. The van der Waals surface area contributed by atoms with Crippen LogP contribution in [0.1, 0.15) is 6.23 Å². The van der Waals surface area contributed by atoms with Crippen LogP contribution in [-0.2, 0) is 31.6 Å². The SMILES string of the molecule is [N-]=[N+]=NC1(COP(=O)(O)OP(=O)(O)OP(=O)(O)O)O[C@@H](n2cc(F)c(N)nc2=S)[C@@H](O)[C@H]1O. The van der Waals surface area contributed by atoms with Crippen molar-refractivity contribution in [2.75, 3.05) is 12.3 Å². The lowest BCUT2D eigenvalue weighted by atomic mass is 10.1. The number of azide groups is 1. The van der Waals surface area contributed by atoms with Crippen LogP contribution in [-0.4, -0.2) is 63.9 Å². The number of ether oxygens (including phenoxy) is 1. The molecule has 0 aromatic carbocycles. The standard InChI is InChI=1S/C9H14FN6O13P3S/c10-3-1-16(8(33)13-6(3)11)7-4(17)5(18)9(27-7,14-15-12)2-26-31(22,23)29-32(24,25)28-30(19,20)21/h1,4-5,7,17-18H,2H2,(H,22,23)(H,24,25)(H2,11,13,33)(H2,19,20,21)/t4-,5+,7+,9?/m0/s1. The number of nitrogens with two attached hydrogens (primary N) is 1. The van der Waals surface area contributed by atoms with Crippen LogP contribution in [0.5, 0.6) is 0 Å². The van der Waals surface area contributed by atoms with Crippen LogP contribution in [0, 0.1) is 10.6 Å². The van der Waals surface area contributed by atoms with Crippen LogP contribution < -0.4 is 5.73 Å². The smallest absolute Gasteiger partial charge is 0.387 e. The van der Waals surface area contributed by atoms with Crippen molar-refractivity contribution >= 4 is 41.5 Å². The third-order valence-electron chi connectivity index (χ3n) is 3.68. The molecule has 0 spiro atoms. The van der Waals surface area contributed by atoms with Gasteiger partial charge in [0.2, 0.25) is 10.5 Å². The molecule has 8 N–H and O–H groups in total. The first-order chi connectivity index (χ1) is 14.9. The highest BCUT2D eigenvalue weighted by Gasteiger charge is 2.56. The minimum Gasteiger partial charge on any atom is -0.387 e. The lowest BCUT2D eigenvalue weighted by molar-refractivity contribution is -0.122. The molecule has 186 valence electrons. The van der Waals surface area contributed by atoms with Gasteiger partial charge in [0.15, 0.2) is 17.9 Å². The quantitative estimate of drug-likeness (QED) is 0.0686. The summed E-state index contributed by atoms with van der Waals surface area (Å²) in [4.78, 5) is 41.5. The Morgan fingerprint density at radius 3 is 2.45 bits per heavy atom. The van der Waals surface area contributed by atoms with E-state index in [0.29, 0.717) is 10.8 Å². The van der Waals surface area contributed by atoms with E-state index in [9.17, 15) is 33.2 Å². The Balaban J connectivity index is 2.31. The molecule has 3 unspecified atom stereocenters. The molecule has 1 aliphatic rings. The van der Waals surface area contributed by atoms with Gasteiger partial charge in [0.05, 0.1) is 6.61 Å². The third kappa shape index (κ3) is 6.83. The predicted molar refractivity (Wildman–Crippen MR) is 101 cm³/mol. The van der Waals surface area contributed by atoms with Crippen LogP contribution in [0.4, 0.5) is 10.2 Å². The minimum atomic E-state index is -5.88. The summed E-state index contributed by atoms with van der Waals surface area (Å²) < 4.78 is 64.5. The van der Waals surface area contributed by atoms with Crippen LogP contribution >= 0.6 is 35.7 Å². The topological polar surface area (TPSA) is 302 Å². The number of nitrogens with zero attached hydrogens (tertiary/aromatic N) is 5. The van der Waals surface area contributed by atoms with Crippen LogP contribution in [0.25, 0.3) is 10.4 Å². The number of aliphatic hydroxyl groups is 2. The van der Waals surface area contributed by atoms with Crippen molar-refractivity contribution in [3.05, 3.63) is 27.2 Å². The summed E-state index contributed by atoms with van der Waals surface area (Å²) in [5.41, 5.74) is 11.3. The fourth-order valence-corrected chi connectivity index (χ4v) is 5.71. The van der Waals surface area contributed by atoms with E-state index in [0.717, 1.165) is 0 Å². The second-order valence-corrected chi connectivity index (χ2v) is 10.8. The number of nitrogen functional groups attached to an aromatic ring is 1. The molecule has 0 bridgehead atoms. The zero-order valence-corrected chi connectivity index (χ0v) is 19.0. The molecule has 1 saturated heterocycles. The first-order valence-corrected chi connectivity index (χ1v) is 12.8. The Labute approximate surface area is 186 Å². The first kappa shape index (κ1) is 27.9. The molecular formula is C9H14FN6O13P3S. The van der Waals surface area contributed by atoms with Crippen molar-refractivity contribution in [1.82, 2.24) is 9.55 Å². The minimum absolute atomic E-state index is 0.463. The normalized spacial score (nSPS) is 29.1. The number of hydrogen-bond acceptors (Lipinski definition) is 13. The highest BCUT2D eigenvalue weighted by Crippen LogP contribution is 2.66. The monoisotopic (exact) mass is 558 g/mol. The van der Waals surface area contributed by atoms with E-state index in [-0.39, 0.29) is 0 Å². The molecule has 1 aliphatic heterocycles. The molecule has 0 saturated carbocycles. The maximum Gasteiger partial charge on any atom is 0.490 e. The van der Waals surface area contributed by atoms with Gasteiger partial charge in [0, 0.05) is 11.1 Å². The molecule has 2 heterocycles. The van der Waals surface area contributed by atoms with E-state index in [2.05, 4.69) is 28.2 Å². The van der Waals surface area contributed by atoms with E-state index in [1.165, 1.54) is 0 Å². The van der Waals surface area contributed by atoms with Crippen molar-refractivity contribution in [3.8, 4) is 0 Å². The van der Waals surface area contributed by atoms with Crippen LogP contribution in [0.3, 0.4) is 0 Å². The van der Waals surface area contributed by atoms with Crippen molar-refractivity contribution in [1.29, 1.82) is 0 Å². The van der Waals surface area contributed by atoms with E-state index < -0.39 is 70.6 Å². The van der Waals surface area contributed by atoms with Crippen molar-refractivity contribution in [2.45, 2.75) is 24.2 Å². The third-order valence-corrected chi connectivity index (χ3v) is 7.76. The molecule has 0 amide bonds. The molecule has 33 heavy (non-hydrogen) atoms. The summed E-state index contributed by atoms with van der Waals surface area (Å²) >= 11 is 4.85. The number of phosphoric ester groups is 1. The Bertz CT molecular complexity index is 1170. The molecule has 19 nitrogen and oxygen atoms in total. The Hall–Kier alpha value is -1.37. The van der Waals surface area contributed by atoms with Gasteiger partial charge in [-0.3, -0.25) is 9.09 Å². The Morgan fingerprint density at radius 1 is 1.30 bits per heavy atom. The largest absolute Gasteiger partial charge is 0.490 e. The van der Waals surface area contributed by atoms with Gasteiger partial charge in [-0.15, -0.1) is 0 Å². The van der Waals surface area contributed by atoms with Gasteiger partial charge in [-0.05, 0) is 17.7 Å². The summed E-state index contributed by atoms with van der Waals surface area (Å²) in [6, 6.07) is 0. The lowest BCUT2D eigenvalue weighted by Crippen LogP contribution is -2.44. The number of anilines is 1. The average Bonchev–Trinajstić information content (AvgIpc) is 2.86. The van der Waals surface area contributed by atoms with E-state index >= 15 is 0 Å². The second-order valence-electron chi connectivity index (χ2n) is 6.01. The number of halogens is 1. The fraction of sp³-hybridized carbons (Fsp3) is 0.556. The molecule has 24 heteroatoms. The molecule has 1 aromatic heterocycles. The maximum atomic E-state index is 13.8. The van der Waals surface area contributed by atoms with Gasteiger partial charge >= 0.3 is 23.5 Å². The van der Waals surface area contributed by atoms with Gasteiger partial charge in [-0.1, -0.05) is 5.11 Å². The van der Waals surface area contributed by atoms with Gasteiger partial charge in [0.25, 0.3) is 0 Å². The van der Waals surface area contributed by atoms with E-state index in [1.807, 2.05) is 0 Å². The second kappa shape index (κ2) is 9.71. The number of aromatic nitrogens is 2. The molecule has 1 aromatic rings. The number of rotatable bonds is 9. The number of aliphatic hydroxyl groups excluding tert-OH is 2. The summed E-state index contributed by atoms with van der Waals surface area (Å²) in [5, 5.41) is 23.7. The molecule has 0 radical (unpaired) electrons. The predicted octanol–water partition coefficient (Wildman–Crippen LogP) is -0.0656. The van der Waals surface area contributed by atoms with E-state index in [4.69, 9.17) is 42.9 Å². The van der Waals surface area contributed by atoms with Crippen molar-refractivity contribution in [2.24, 2.45) is 5.11 Å². The Kier molecular flexibility index (Phi) is 8.20. The van der Waals surface area contributed by atoms with Crippen molar-refractivity contribution in [3.63, 3.8) is 0 Å². The fourth-order valence-electron chi connectivity index (χ4n) is 2.42. The highest BCUT2D eigenvalue weighted by atomic mass is 32.1. The summed E-state index contributed by atoms with van der Waals surface area (Å²) in [6.45, 7) is -1.46. The van der Waals surface area contributed by atoms with Gasteiger partial charge in [-0.25, -0.2) is 18.1 Å².